The van der Waals surface area contributed by atoms with Crippen molar-refractivity contribution in [1.29, 1.82) is 0 Å². The Bertz CT molecular complexity index is 735. The van der Waals surface area contributed by atoms with Crippen LogP contribution in [0.5, 0.6) is 0 Å². The number of rotatable bonds is 4. The SMILES string of the molecule is CC(C)Cc1ccc2ccc3ccc(CC(C)C)nc3c2n1. The van der Waals surface area contributed by atoms with Gasteiger partial charge in [0.25, 0.3) is 0 Å². The van der Waals surface area contributed by atoms with E-state index in [4.69, 9.17) is 9.97 Å². The van der Waals surface area contributed by atoms with Gasteiger partial charge in [-0.25, -0.2) is 0 Å². The number of benzene rings is 1. The van der Waals surface area contributed by atoms with Gasteiger partial charge in [0.15, 0.2) is 0 Å². The Labute approximate surface area is 132 Å². The van der Waals surface area contributed by atoms with E-state index in [0.717, 1.165) is 35.3 Å². The molecule has 2 heterocycles. The molecule has 22 heavy (non-hydrogen) atoms. The first-order valence-corrected chi connectivity index (χ1v) is 8.21. The van der Waals surface area contributed by atoms with Gasteiger partial charge in [-0.3, -0.25) is 9.97 Å². The molecular formula is C20H24N2. The highest BCUT2D eigenvalue weighted by molar-refractivity contribution is 6.02. The second-order valence-corrected chi connectivity index (χ2v) is 7.01. The summed E-state index contributed by atoms with van der Waals surface area (Å²) in [6.07, 6.45) is 2.02. The zero-order chi connectivity index (χ0) is 15.7. The zero-order valence-corrected chi connectivity index (χ0v) is 13.9. The van der Waals surface area contributed by atoms with Crippen molar-refractivity contribution in [3.8, 4) is 0 Å². The summed E-state index contributed by atoms with van der Waals surface area (Å²) < 4.78 is 0. The lowest BCUT2D eigenvalue weighted by atomic mass is 10.0. The first-order valence-electron chi connectivity index (χ1n) is 8.21. The van der Waals surface area contributed by atoms with Gasteiger partial charge < -0.3 is 0 Å². The van der Waals surface area contributed by atoms with Crippen molar-refractivity contribution in [3.63, 3.8) is 0 Å². The number of pyridine rings is 2. The summed E-state index contributed by atoms with van der Waals surface area (Å²) in [5.74, 6) is 1.23. The van der Waals surface area contributed by atoms with Gasteiger partial charge in [-0.05, 0) is 36.8 Å². The first kappa shape index (κ1) is 15.0. The van der Waals surface area contributed by atoms with E-state index in [1.807, 2.05) is 0 Å². The van der Waals surface area contributed by atoms with Crippen molar-refractivity contribution < 1.29 is 0 Å². The van der Waals surface area contributed by atoms with Gasteiger partial charge in [-0.2, -0.15) is 0 Å². The lowest BCUT2D eigenvalue weighted by molar-refractivity contribution is 0.636. The van der Waals surface area contributed by atoms with E-state index in [9.17, 15) is 0 Å². The Morgan fingerprint density at radius 3 is 1.36 bits per heavy atom. The molecule has 0 saturated carbocycles. The molecule has 3 aromatic rings. The van der Waals surface area contributed by atoms with Crippen LogP contribution in [0.3, 0.4) is 0 Å². The third-order valence-electron chi connectivity index (χ3n) is 3.87. The quantitative estimate of drug-likeness (QED) is 0.619. The van der Waals surface area contributed by atoms with E-state index in [1.54, 1.807) is 0 Å². The number of hydrogen-bond donors (Lipinski definition) is 0. The molecule has 114 valence electrons. The lowest BCUT2D eigenvalue weighted by Gasteiger charge is -2.09. The summed E-state index contributed by atoms with van der Waals surface area (Å²) in [5.41, 5.74) is 4.40. The third kappa shape index (κ3) is 3.11. The second-order valence-electron chi connectivity index (χ2n) is 7.01. The summed E-state index contributed by atoms with van der Waals surface area (Å²) >= 11 is 0. The minimum absolute atomic E-state index is 0.615. The van der Waals surface area contributed by atoms with E-state index < -0.39 is 0 Å². The number of aromatic nitrogens is 2. The molecule has 0 fully saturated rings. The molecule has 0 spiro atoms. The predicted octanol–water partition coefficient (Wildman–Crippen LogP) is 5.18. The standard InChI is InChI=1S/C20H24N2/c1-13(2)11-17-9-7-15-5-6-16-8-10-18(12-14(3)4)22-20(16)19(15)21-17/h5-10,13-14H,11-12H2,1-4H3. The molecule has 2 heteroatoms. The van der Waals surface area contributed by atoms with E-state index in [-0.39, 0.29) is 0 Å². The fourth-order valence-electron chi connectivity index (χ4n) is 2.91. The molecule has 0 saturated heterocycles. The number of fused-ring (bicyclic) bond motifs is 3. The maximum absolute atomic E-state index is 4.90. The highest BCUT2D eigenvalue weighted by atomic mass is 14.8. The van der Waals surface area contributed by atoms with E-state index in [1.165, 1.54) is 10.8 Å². The van der Waals surface area contributed by atoms with Crippen LogP contribution in [0.1, 0.15) is 39.1 Å². The molecule has 0 atom stereocenters. The van der Waals surface area contributed by atoms with Crippen LogP contribution >= 0.6 is 0 Å². The molecule has 0 aliphatic heterocycles. The Hall–Kier alpha value is -1.96. The average molecular weight is 292 g/mol. The Morgan fingerprint density at radius 1 is 0.636 bits per heavy atom. The van der Waals surface area contributed by atoms with Crippen LogP contribution in [-0.2, 0) is 12.8 Å². The topological polar surface area (TPSA) is 25.8 Å². The van der Waals surface area contributed by atoms with Crippen LogP contribution in [-0.4, -0.2) is 9.97 Å². The van der Waals surface area contributed by atoms with Crippen molar-refractivity contribution in [2.24, 2.45) is 11.8 Å². The van der Waals surface area contributed by atoms with Gasteiger partial charge in [0, 0.05) is 22.2 Å². The van der Waals surface area contributed by atoms with Gasteiger partial charge >= 0.3 is 0 Å². The summed E-state index contributed by atoms with van der Waals surface area (Å²) in [6, 6.07) is 12.9. The van der Waals surface area contributed by atoms with Crippen molar-refractivity contribution >= 4 is 21.8 Å². The molecule has 0 aliphatic rings. The fraction of sp³-hybridized carbons (Fsp3) is 0.400. The first-order chi connectivity index (χ1) is 10.5. The lowest BCUT2D eigenvalue weighted by Crippen LogP contribution is -2.00. The highest BCUT2D eigenvalue weighted by Gasteiger charge is 2.08. The molecule has 2 nitrogen and oxygen atoms in total. The zero-order valence-electron chi connectivity index (χ0n) is 13.9. The van der Waals surface area contributed by atoms with Crippen molar-refractivity contribution in [2.75, 3.05) is 0 Å². The second kappa shape index (κ2) is 6.04. The highest BCUT2D eigenvalue weighted by Crippen LogP contribution is 2.24. The van der Waals surface area contributed by atoms with Crippen LogP contribution in [0, 0.1) is 11.8 Å². The molecule has 0 aliphatic carbocycles. The molecule has 0 unspecified atom stereocenters. The molecule has 0 amide bonds. The Morgan fingerprint density at radius 2 is 1.00 bits per heavy atom. The van der Waals surface area contributed by atoms with Crippen LogP contribution < -0.4 is 0 Å². The summed E-state index contributed by atoms with van der Waals surface area (Å²) in [7, 11) is 0. The fourth-order valence-corrected chi connectivity index (χ4v) is 2.91. The van der Waals surface area contributed by atoms with Gasteiger partial charge in [0.1, 0.15) is 0 Å². The van der Waals surface area contributed by atoms with Crippen LogP contribution in [0.15, 0.2) is 36.4 Å². The van der Waals surface area contributed by atoms with Gasteiger partial charge in [-0.1, -0.05) is 52.0 Å². The Kier molecular flexibility index (Phi) is 4.10. The average Bonchev–Trinajstić information content (AvgIpc) is 2.46. The number of nitrogens with zero attached hydrogens (tertiary/aromatic N) is 2. The van der Waals surface area contributed by atoms with Crippen molar-refractivity contribution in [2.45, 2.75) is 40.5 Å². The summed E-state index contributed by atoms with van der Waals surface area (Å²) in [6.45, 7) is 8.92. The van der Waals surface area contributed by atoms with Crippen molar-refractivity contribution in [3.05, 3.63) is 47.8 Å². The maximum atomic E-state index is 4.90. The molecule has 2 aromatic heterocycles. The predicted molar refractivity (Wildman–Crippen MR) is 94.1 cm³/mol. The maximum Gasteiger partial charge on any atom is 0.0967 e. The van der Waals surface area contributed by atoms with Crippen LogP contribution in [0.4, 0.5) is 0 Å². The van der Waals surface area contributed by atoms with E-state index >= 15 is 0 Å². The molecule has 0 bridgehead atoms. The summed E-state index contributed by atoms with van der Waals surface area (Å²) in [4.78, 5) is 9.80. The number of hydrogen-bond acceptors (Lipinski definition) is 2. The normalized spacial score (nSPS) is 11.9. The van der Waals surface area contributed by atoms with Gasteiger partial charge in [0.2, 0.25) is 0 Å². The van der Waals surface area contributed by atoms with Crippen molar-refractivity contribution in [1.82, 2.24) is 9.97 Å². The van der Waals surface area contributed by atoms with Crippen LogP contribution in [0.25, 0.3) is 21.8 Å². The van der Waals surface area contributed by atoms with E-state index in [0.29, 0.717) is 11.8 Å². The van der Waals surface area contributed by atoms with Gasteiger partial charge in [0.05, 0.1) is 11.0 Å². The molecular weight excluding hydrogens is 268 g/mol. The largest absolute Gasteiger partial charge is 0.251 e. The minimum Gasteiger partial charge on any atom is -0.251 e. The molecule has 0 N–H and O–H groups in total. The molecule has 1 aromatic carbocycles. The smallest absolute Gasteiger partial charge is 0.0967 e. The molecule has 3 rings (SSSR count). The summed E-state index contributed by atoms with van der Waals surface area (Å²) in [5, 5.41) is 2.35. The minimum atomic E-state index is 0.615. The van der Waals surface area contributed by atoms with E-state index in [2.05, 4.69) is 64.1 Å². The third-order valence-corrected chi connectivity index (χ3v) is 3.87. The Balaban J connectivity index is 2.17. The molecule has 0 radical (unpaired) electrons. The van der Waals surface area contributed by atoms with Crippen LogP contribution in [0.2, 0.25) is 0 Å². The monoisotopic (exact) mass is 292 g/mol. The van der Waals surface area contributed by atoms with Gasteiger partial charge in [-0.15, -0.1) is 0 Å².